The molecule has 6 heteroatoms. The normalized spacial score (nSPS) is 11.3. The maximum absolute atomic E-state index is 6.43. The second-order valence-corrected chi connectivity index (χ2v) is 5.65. The molecule has 0 aliphatic heterocycles. The first-order valence-corrected chi connectivity index (χ1v) is 7.81. The molecule has 1 N–H and O–H groups in total. The Morgan fingerprint density at radius 1 is 1.19 bits per heavy atom. The molecule has 2 heterocycles. The number of aromatic nitrogens is 4. The lowest BCUT2D eigenvalue weighted by Gasteiger charge is -2.07. The van der Waals surface area contributed by atoms with Crippen LogP contribution in [0.5, 0.6) is 0 Å². The first-order chi connectivity index (χ1) is 9.99. The van der Waals surface area contributed by atoms with E-state index < -0.39 is 0 Å². The van der Waals surface area contributed by atoms with Gasteiger partial charge in [0, 0.05) is 24.8 Å². The summed E-state index contributed by atoms with van der Waals surface area (Å²) in [5, 5.41) is 13.2. The highest BCUT2D eigenvalue weighted by Crippen LogP contribution is 2.23. The Hall–Kier alpha value is -1.33. The van der Waals surface area contributed by atoms with Crippen LogP contribution in [0.25, 0.3) is 0 Å². The molecule has 0 saturated carbocycles. The van der Waals surface area contributed by atoms with E-state index in [1.165, 1.54) is 11.3 Å². The molecule has 0 bridgehead atoms. The van der Waals surface area contributed by atoms with Crippen LogP contribution in [0.4, 0.5) is 0 Å². The summed E-state index contributed by atoms with van der Waals surface area (Å²) in [5.74, 6) is 0. The lowest BCUT2D eigenvalue weighted by Crippen LogP contribution is -2.13. The fourth-order valence-corrected chi connectivity index (χ4v) is 2.88. The molecule has 21 heavy (non-hydrogen) atoms. The van der Waals surface area contributed by atoms with Gasteiger partial charge < -0.3 is 5.32 Å². The van der Waals surface area contributed by atoms with Crippen LogP contribution >= 0.6 is 11.6 Å². The predicted molar refractivity (Wildman–Crippen MR) is 85.8 cm³/mol. The van der Waals surface area contributed by atoms with Crippen molar-refractivity contribution in [2.75, 3.05) is 6.54 Å². The molecule has 5 nitrogen and oxygen atoms in total. The Morgan fingerprint density at radius 2 is 1.90 bits per heavy atom. The third-order valence-electron chi connectivity index (χ3n) is 3.89. The summed E-state index contributed by atoms with van der Waals surface area (Å²) in [6, 6.07) is 0. The maximum atomic E-state index is 6.43. The van der Waals surface area contributed by atoms with Gasteiger partial charge in [-0.3, -0.25) is 9.36 Å². The Bertz CT molecular complexity index is 627. The number of rotatable bonds is 6. The van der Waals surface area contributed by atoms with Gasteiger partial charge in [-0.05, 0) is 26.8 Å². The zero-order valence-corrected chi connectivity index (χ0v) is 14.3. The minimum Gasteiger partial charge on any atom is -0.313 e. The first kappa shape index (κ1) is 16.0. The van der Waals surface area contributed by atoms with E-state index in [1.54, 1.807) is 0 Å². The lowest BCUT2D eigenvalue weighted by atomic mass is 10.2. The molecule has 0 amide bonds. The van der Waals surface area contributed by atoms with E-state index in [2.05, 4.69) is 43.2 Å². The van der Waals surface area contributed by atoms with E-state index in [0.29, 0.717) is 6.54 Å². The van der Waals surface area contributed by atoms with Crippen LogP contribution in [0.1, 0.15) is 42.2 Å². The smallest absolute Gasteiger partial charge is 0.0869 e. The van der Waals surface area contributed by atoms with E-state index in [9.17, 15) is 0 Å². The second kappa shape index (κ2) is 6.62. The van der Waals surface area contributed by atoms with Crippen molar-refractivity contribution < 1.29 is 0 Å². The largest absolute Gasteiger partial charge is 0.313 e. The maximum Gasteiger partial charge on any atom is 0.0869 e. The van der Waals surface area contributed by atoms with E-state index in [4.69, 9.17) is 11.6 Å². The quantitative estimate of drug-likeness (QED) is 0.892. The fraction of sp³-hybridized carbons (Fsp3) is 0.600. The van der Waals surface area contributed by atoms with Gasteiger partial charge >= 0.3 is 0 Å². The van der Waals surface area contributed by atoms with Crippen molar-refractivity contribution in [1.82, 2.24) is 24.9 Å². The molecule has 0 spiro atoms. The zero-order valence-electron chi connectivity index (χ0n) is 13.5. The molecule has 0 atom stereocenters. The first-order valence-electron chi connectivity index (χ1n) is 7.43. The highest BCUT2D eigenvalue weighted by Gasteiger charge is 2.17. The van der Waals surface area contributed by atoms with Crippen molar-refractivity contribution in [2.24, 2.45) is 7.05 Å². The molecular formula is C15H24ClN5. The second-order valence-electron chi connectivity index (χ2n) is 5.27. The molecule has 0 fully saturated rings. The molecule has 2 aromatic rings. The molecule has 116 valence electrons. The summed E-state index contributed by atoms with van der Waals surface area (Å²) in [6.07, 6.45) is 0.843. The van der Waals surface area contributed by atoms with Crippen LogP contribution < -0.4 is 5.32 Å². The van der Waals surface area contributed by atoms with E-state index >= 15 is 0 Å². The average molecular weight is 310 g/mol. The summed E-state index contributed by atoms with van der Waals surface area (Å²) in [7, 11) is 1.94. The molecule has 2 aromatic heterocycles. The molecule has 0 unspecified atom stereocenters. The average Bonchev–Trinajstić information content (AvgIpc) is 2.88. The molecule has 0 radical (unpaired) electrons. The summed E-state index contributed by atoms with van der Waals surface area (Å²) < 4.78 is 3.88. The van der Waals surface area contributed by atoms with Gasteiger partial charge in [-0.15, -0.1) is 0 Å². The number of hydrogen-bond acceptors (Lipinski definition) is 3. The van der Waals surface area contributed by atoms with Crippen LogP contribution in [0.15, 0.2) is 0 Å². The summed E-state index contributed by atoms with van der Waals surface area (Å²) in [5.41, 5.74) is 5.48. The number of aryl methyl sites for hydroxylation is 3. The third kappa shape index (κ3) is 3.14. The Kier molecular flexibility index (Phi) is 5.06. The van der Waals surface area contributed by atoms with Crippen LogP contribution in [0, 0.1) is 13.8 Å². The van der Waals surface area contributed by atoms with Crippen molar-refractivity contribution in [1.29, 1.82) is 0 Å². The Morgan fingerprint density at radius 3 is 2.48 bits per heavy atom. The third-order valence-corrected chi connectivity index (χ3v) is 4.32. The summed E-state index contributed by atoms with van der Waals surface area (Å²) in [4.78, 5) is 0. The molecule has 0 aliphatic rings. The van der Waals surface area contributed by atoms with Crippen LogP contribution in [0.3, 0.4) is 0 Å². The number of nitrogens with one attached hydrogen (secondary N) is 1. The fourth-order valence-electron chi connectivity index (χ4n) is 2.53. The summed E-state index contributed by atoms with van der Waals surface area (Å²) in [6.45, 7) is 10.8. The van der Waals surface area contributed by atoms with Gasteiger partial charge in [0.2, 0.25) is 0 Å². The van der Waals surface area contributed by atoms with Crippen LogP contribution in [-0.4, -0.2) is 26.1 Å². The predicted octanol–water partition coefficient (Wildman–Crippen LogP) is 2.61. The van der Waals surface area contributed by atoms with E-state index in [-0.39, 0.29) is 0 Å². The highest BCUT2D eigenvalue weighted by atomic mass is 35.5. The number of hydrogen-bond donors (Lipinski definition) is 1. The summed E-state index contributed by atoms with van der Waals surface area (Å²) >= 11 is 6.43. The van der Waals surface area contributed by atoms with Crippen molar-refractivity contribution in [3.8, 4) is 0 Å². The van der Waals surface area contributed by atoms with Crippen molar-refractivity contribution in [3.63, 3.8) is 0 Å². The van der Waals surface area contributed by atoms with Crippen molar-refractivity contribution >= 4 is 11.6 Å². The van der Waals surface area contributed by atoms with Gasteiger partial charge in [0.15, 0.2) is 0 Å². The number of halogens is 1. The highest BCUT2D eigenvalue weighted by molar-refractivity contribution is 6.31. The standard InChI is InChI=1S/C15H24ClN5/c1-6-13-15(16)14(20(5)19-13)9-21-11(4)12(8-17-7-2)10(3)18-21/h17H,6-9H2,1-5H3. The topological polar surface area (TPSA) is 47.7 Å². The van der Waals surface area contributed by atoms with Crippen molar-refractivity contribution in [2.45, 2.75) is 47.2 Å². The van der Waals surface area contributed by atoms with Gasteiger partial charge in [-0.25, -0.2) is 0 Å². The molecule has 0 aromatic carbocycles. The molecule has 0 aliphatic carbocycles. The Labute approximate surface area is 131 Å². The SMILES string of the molecule is CCNCc1c(C)nn(Cc2c(Cl)c(CC)nn2C)c1C. The van der Waals surface area contributed by atoms with Gasteiger partial charge in [0.05, 0.1) is 28.6 Å². The Balaban J connectivity index is 2.30. The van der Waals surface area contributed by atoms with Gasteiger partial charge in [0.25, 0.3) is 0 Å². The van der Waals surface area contributed by atoms with Crippen LogP contribution in [-0.2, 0) is 26.6 Å². The minimum absolute atomic E-state index is 0.654. The molecule has 2 rings (SSSR count). The van der Waals surface area contributed by atoms with Gasteiger partial charge in [-0.2, -0.15) is 10.2 Å². The van der Waals surface area contributed by atoms with Gasteiger partial charge in [0.1, 0.15) is 0 Å². The minimum atomic E-state index is 0.654. The monoisotopic (exact) mass is 309 g/mol. The molecule has 0 saturated heterocycles. The molecular weight excluding hydrogens is 286 g/mol. The van der Waals surface area contributed by atoms with E-state index in [1.807, 2.05) is 16.4 Å². The van der Waals surface area contributed by atoms with Crippen LogP contribution in [0.2, 0.25) is 5.02 Å². The zero-order chi connectivity index (χ0) is 15.6. The number of nitrogens with zero attached hydrogens (tertiary/aromatic N) is 4. The van der Waals surface area contributed by atoms with E-state index in [0.717, 1.165) is 41.6 Å². The van der Waals surface area contributed by atoms with Crippen molar-refractivity contribution in [3.05, 3.63) is 33.4 Å². The van der Waals surface area contributed by atoms with Gasteiger partial charge in [-0.1, -0.05) is 25.4 Å². The lowest BCUT2D eigenvalue weighted by molar-refractivity contribution is 0.601.